The summed E-state index contributed by atoms with van der Waals surface area (Å²) in [5.74, 6) is 0.859. The van der Waals surface area contributed by atoms with Crippen molar-refractivity contribution in [3.63, 3.8) is 0 Å². The molecule has 0 radical (unpaired) electrons. The lowest BCUT2D eigenvalue weighted by Crippen LogP contribution is -2.47. The molecule has 0 aromatic carbocycles. The zero-order valence-electron chi connectivity index (χ0n) is 12.8. The molecule has 20 heavy (non-hydrogen) atoms. The van der Waals surface area contributed by atoms with Gasteiger partial charge in [0.05, 0.1) is 13.0 Å². The van der Waals surface area contributed by atoms with Crippen LogP contribution in [0.2, 0.25) is 0 Å². The first-order valence-corrected chi connectivity index (χ1v) is 8.09. The summed E-state index contributed by atoms with van der Waals surface area (Å²) in [5.41, 5.74) is 0. The van der Waals surface area contributed by atoms with Crippen LogP contribution in [0.15, 0.2) is 0 Å². The lowest BCUT2D eigenvalue weighted by Gasteiger charge is -2.38. The Bertz CT molecular complexity index is 352. The zero-order valence-corrected chi connectivity index (χ0v) is 12.8. The van der Waals surface area contributed by atoms with Crippen molar-refractivity contribution in [2.45, 2.75) is 64.8 Å². The number of amides is 1. The first kappa shape index (κ1) is 15.3. The monoisotopic (exact) mass is 281 g/mol. The molecule has 0 spiro atoms. The summed E-state index contributed by atoms with van der Waals surface area (Å²) < 4.78 is 4.99. The molecular formula is C16H27NO3. The molecule has 2 aliphatic carbocycles. The van der Waals surface area contributed by atoms with Crippen LogP contribution in [0.1, 0.15) is 58.8 Å². The summed E-state index contributed by atoms with van der Waals surface area (Å²) in [4.78, 5) is 26.1. The average molecular weight is 281 g/mol. The molecule has 2 unspecified atom stereocenters. The van der Waals surface area contributed by atoms with Gasteiger partial charge in [0.1, 0.15) is 0 Å². The Morgan fingerprint density at radius 1 is 1.15 bits per heavy atom. The van der Waals surface area contributed by atoms with E-state index in [1.165, 1.54) is 19.3 Å². The molecule has 0 heterocycles. The van der Waals surface area contributed by atoms with Crippen molar-refractivity contribution in [1.82, 2.24) is 4.90 Å². The van der Waals surface area contributed by atoms with E-state index in [9.17, 15) is 9.59 Å². The average Bonchev–Trinajstić information content (AvgIpc) is 3.25. The molecule has 2 atom stereocenters. The molecule has 4 heteroatoms. The second kappa shape index (κ2) is 7.09. The predicted octanol–water partition coefficient (Wildman–Crippen LogP) is 2.76. The van der Waals surface area contributed by atoms with Crippen molar-refractivity contribution < 1.29 is 14.3 Å². The lowest BCUT2D eigenvalue weighted by molar-refractivity contribution is -0.145. The van der Waals surface area contributed by atoms with E-state index < -0.39 is 0 Å². The molecule has 114 valence electrons. The molecule has 2 fully saturated rings. The highest BCUT2D eigenvalue weighted by atomic mass is 16.5. The minimum absolute atomic E-state index is 0.190. The van der Waals surface area contributed by atoms with Gasteiger partial charge in [0.2, 0.25) is 5.91 Å². The van der Waals surface area contributed by atoms with Crippen LogP contribution in [0.25, 0.3) is 0 Å². The number of hydrogen-bond donors (Lipinski definition) is 0. The highest BCUT2D eigenvalue weighted by molar-refractivity contribution is 5.82. The van der Waals surface area contributed by atoms with E-state index in [1.54, 1.807) is 0 Å². The van der Waals surface area contributed by atoms with Gasteiger partial charge in [0.15, 0.2) is 0 Å². The Morgan fingerprint density at radius 3 is 2.45 bits per heavy atom. The summed E-state index contributed by atoms with van der Waals surface area (Å²) in [6.45, 7) is 4.99. The smallest absolute Gasteiger partial charge is 0.307 e. The Labute approximate surface area is 121 Å². The largest absolute Gasteiger partial charge is 0.466 e. The van der Waals surface area contributed by atoms with Gasteiger partial charge in [-0.1, -0.05) is 19.8 Å². The van der Waals surface area contributed by atoms with Gasteiger partial charge in [-0.05, 0) is 38.5 Å². The molecule has 0 saturated heterocycles. The van der Waals surface area contributed by atoms with E-state index in [4.69, 9.17) is 4.74 Å². The quantitative estimate of drug-likeness (QED) is 0.703. The summed E-state index contributed by atoms with van der Waals surface area (Å²) in [6.07, 6.45) is 7.12. The fraction of sp³-hybridized carbons (Fsp3) is 0.875. The van der Waals surface area contributed by atoms with Gasteiger partial charge in [0, 0.05) is 18.5 Å². The van der Waals surface area contributed by atoms with Crippen molar-refractivity contribution in [2.75, 3.05) is 13.2 Å². The van der Waals surface area contributed by atoms with E-state index in [2.05, 4.69) is 6.92 Å². The molecule has 0 bridgehead atoms. The maximum absolute atomic E-state index is 12.5. The van der Waals surface area contributed by atoms with Gasteiger partial charge in [-0.3, -0.25) is 9.59 Å². The van der Waals surface area contributed by atoms with Gasteiger partial charge >= 0.3 is 5.97 Å². The third-order valence-electron chi connectivity index (χ3n) is 4.54. The van der Waals surface area contributed by atoms with Crippen molar-refractivity contribution in [1.29, 1.82) is 0 Å². The minimum Gasteiger partial charge on any atom is -0.466 e. The van der Waals surface area contributed by atoms with Crippen molar-refractivity contribution in [2.24, 2.45) is 11.8 Å². The molecule has 0 N–H and O–H groups in total. The Hall–Kier alpha value is -1.06. The topological polar surface area (TPSA) is 46.6 Å². The number of nitrogens with zero attached hydrogens (tertiary/aromatic N) is 1. The van der Waals surface area contributed by atoms with E-state index in [-0.39, 0.29) is 17.8 Å². The number of ether oxygens (including phenoxy) is 1. The molecule has 2 rings (SSSR count). The van der Waals surface area contributed by atoms with Crippen molar-refractivity contribution in [3.8, 4) is 0 Å². The van der Waals surface area contributed by atoms with Crippen LogP contribution >= 0.6 is 0 Å². The summed E-state index contributed by atoms with van der Waals surface area (Å²) in [7, 11) is 0. The molecule has 0 aromatic rings. The van der Waals surface area contributed by atoms with Crippen LogP contribution in [-0.2, 0) is 14.3 Å². The van der Waals surface area contributed by atoms with Gasteiger partial charge in [-0.25, -0.2) is 0 Å². The van der Waals surface area contributed by atoms with Crippen LogP contribution in [0.4, 0.5) is 0 Å². The van der Waals surface area contributed by atoms with Gasteiger partial charge in [0.25, 0.3) is 0 Å². The molecule has 1 amide bonds. The maximum atomic E-state index is 12.5. The van der Waals surface area contributed by atoms with Crippen LogP contribution in [0, 0.1) is 11.8 Å². The summed E-state index contributed by atoms with van der Waals surface area (Å²) in [5, 5.41) is 0. The highest BCUT2D eigenvalue weighted by Gasteiger charge is 2.38. The second-order valence-electron chi connectivity index (χ2n) is 6.19. The minimum atomic E-state index is -0.190. The van der Waals surface area contributed by atoms with Gasteiger partial charge < -0.3 is 9.64 Å². The van der Waals surface area contributed by atoms with Crippen LogP contribution in [0.5, 0.6) is 0 Å². The summed E-state index contributed by atoms with van der Waals surface area (Å²) >= 11 is 0. The molecule has 2 saturated carbocycles. The Kier molecular flexibility index (Phi) is 5.44. The van der Waals surface area contributed by atoms with Crippen molar-refractivity contribution in [3.05, 3.63) is 0 Å². The van der Waals surface area contributed by atoms with Crippen LogP contribution in [0.3, 0.4) is 0 Å². The molecular weight excluding hydrogens is 254 g/mol. The molecule has 2 aliphatic rings. The van der Waals surface area contributed by atoms with Crippen molar-refractivity contribution >= 4 is 11.9 Å². The van der Waals surface area contributed by atoms with E-state index in [0.29, 0.717) is 31.5 Å². The highest BCUT2D eigenvalue weighted by Crippen LogP contribution is 2.35. The fourth-order valence-corrected chi connectivity index (χ4v) is 3.21. The number of rotatable bonds is 6. The normalized spacial score (nSPS) is 26.1. The number of hydrogen-bond acceptors (Lipinski definition) is 3. The lowest BCUT2D eigenvalue weighted by atomic mass is 9.84. The summed E-state index contributed by atoms with van der Waals surface area (Å²) in [6, 6.07) is 0.325. The van der Waals surface area contributed by atoms with Crippen LogP contribution < -0.4 is 0 Å². The number of esters is 1. The first-order chi connectivity index (χ1) is 9.63. The Balaban J connectivity index is 1.96. The number of carbonyl (C=O) groups is 2. The van der Waals surface area contributed by atoms with E-state index >= 15 is 0 Å². The van der Waals surface area contributed by atoms with E-state index in [0.717, 1.165) is 19.3 Å². The SMILES string of the molecule is CCOC(=O)CCN(C(=O)C1CC1)C1CCCCC1C. The third-order valence-corrected chi connectivity index (χ3v) is 4.54. The molecule has 4 nitrogen and oxygen atoms in total. The third kappa shape index (κ3) is 3.97. The van der Waals surface area contributed by atoms with E-state index in [1.807, 2.05) is 11.8 Å². The van der Waals surface area contributed by atoms with Gasteiger partial charge in [-0.2, -0.15) is 0 Å². The van der Waals surface area contributed by atoms with Gasteiger partial charge in [-0.15, -0.1) is 0 Å². The fourth-order valence-electron chi connectivity index (χ4n) is 3.21. The predicted molar refractivity (Wildman–Crippen MR) is 77.1 cm³/mol. The first-order valence-electron chi connectivity index (χ1n) is 8.09. The van der Waals surface area contributed by atoms with Crippen LogP contribution in [-0.4, -0.2) is 36.0 Å². The zero-order chi connectivity index (χ0) is 14.5. The maximum Gasteiger partial charge on any atom is 0.307 e. The Morgan fingerprint density at radius 2 is 1.85 bits per heavy atom. The molecule has 0 aliphatic heterocycles. The second-order valence-corrected chi connectivity index (χ2v) is 6.19. The molecule has 0 aromatic heterocycles. The standard InChI is InChI=1S/C16H27NO3/c1-3-20-15(18)10-11-17(16(19)13-8-9-13)14-7-5-4-6-12(14)2/h12-14H,3-11H2,1-2H3. The number of carbonyl (C=O) groups excluding carboxylic acids is 2.